The first-order valence-electron chi connectivity index (χ1n) is 7.51. The summed E-state index contributed by atoms with van der Waals surface area (Å²) in [4.78, 5) is 2.09. The standard InChI is InChI=1S/C18H24N2O/c1-4-13-21-17-8-6-7-16(18(17)19)20(3)15-11-9-14(5-2)10-12-15/h6-12H,4-5,13,19H2,1-3H3. The van der Waals surface area contributed by atoms with Gasteiger partial charge in [0.05, 0.1) is 18.0 Å². The van der Waals surface area contributed by atoms with Gasteiger partial charge in [-0.2, -0.15) is 0 Å². The fourth-order valence-electron chi connectivity index (χ4n) is 2.26. The highest BCUT2D eigenvalue weighted by Crippen LogP contribution is 2.35. The number of hydrogen-bond acceptors (Lipinski definition) is 3. The fourth-order valence-corrected chi connectivity index (χ4v) is 2.26. The lowest BCUT2D eigenvalue weighted by Crippen LogP contribution is -2.12. The van der Waals surface area contributed by atoms with E-state index in [9.17, 15) is 0 Å². The van der Waals surface area contributed by atoms with Crippen molar-refractivity contribution in [2.24, 2.45) is 0 Å². The van der Waals surface area contributed by atoms with E-state index in [0.29, 0.717) is 12.3 Å². The Balaban J connectivity index is 2.27. The van der Waals surface area contributed by atoms with Crippen LogP contribution in [0, 0.1) is 0 Å². The largest absolute Gasteiger partial charge is 0.491 e. The van der Waals surface area contributed by atoms with Crippen LogP contribution in [-0.2, 0) is 6.42 Å². The van der Waals surface area contributed by atoms with Gasteiger partial charge in [-0.15, -0.1) is 0 Å². The van der Waals surface area contributed by atoms with Crippen LogP contribution in [0.1, 0.15) is 25.8 Å². The molecule has 112 valence electrons. The van der Waals surface area contributed by atoms with Crippen LogP contribution in [-0.4, -0.2) is 13.7 Å². The van der Waals surface area contributed by atoms with Crippen LogP contribution in [0.2, 0.25) is 0 Å². The Kier molecular flexibility index (Phi) is 5.09. The van der Waals surface area contributed by atoms with Crippen LogP contribution in [0.5, 0.6) is 5.75 Å². The summed E-state index contributed by atoms with van der Waals surface area (Å²) in [6.07, 6.45) is 2.02. The van der Waals surface area contributed by atoms with E-state index in [1.807, 2.05) is 25.2 Å². The van der Waals surface area contributed by atoms with Crippen molar-refractivity contribution >= 4 is 17.1 Å². The van der Waals surface area contributed by atoms with Gasteiger partial charge in [0, 0.05) is 12.7 Å². The van der Waals surface area contributed by atoms with Crippen molar-refractivity contribution in [3.05, 3.63) is 48.0 Å². The second-order valence-electron chi connectivity index (χ2n) is 5.12. The van der Waals surface area contributed by atoms with E-state index in [1.54, 1.807) is 0 Å². The Morgan fingerprint density at radius 1 is 1.05 bits per heavy atom. The third-order valence-corrected chi connectivity index (χ3v) is 3.60. The Labute approximate surface area is 127 Å². The summed E-state index contributed by atoms with van der Waals surface area (Å²) < 4.78 is 5.70. The van der Waals surface area contributed by atoms with Crippen LogP contribution < -0.4 is 15.4 Å². The van der Waals surface area contributed by atoms with Gasteiger partial charge in [-0.3, -0.25) is 0 Å². The van der Waals surface area contributed by atoms with Crippen molar-refractivity contribution in [1.29, 1.82) is 0 Å². The molecule has 2 aromatic carbocycles. The molecule has 0 radical (unpaired) electrons. The Hall–Kier alpha value is -2.16. The third kappa shape index (κ3) is 3.48. The summed E-state index contributed by atoms with van der Waals surface area (Å²) in [5.74, 6) is 0.756. The summed E-state index contributed by atoms with van der Waals surface area (Å²) in [6.45, 7) is 4.93. The van der Waals surface area contributed by atoms with Crippen molar-refractivity contribution in [3.63, 3.8) is 0 Å². The van der Waals surface area contributed by atoms with Gasteiger partial charge in [-0.25, -0.2) is 0 Å². The second kappa shape index (κ2) is 7.02. The van der Waals surface area contributed by atoms with E-state index >= 15 is 0 Å². The Morgan fingerprint density at radius 2 is 1.76 bits per heavy atom. The highest BCUT2D eigenvalue weighted by Gasteiger charge is 2.11. The first-order valence-corrected chi connectivity index (χ1v) is 7.51. The Bertz CT molecular complexity index is 578. The quantitative estimate of drug-likeness (QED) is 0.800. The molecule has 0 aliphatic carbocycles. The van der Waals surface area contributed by atoms with E-state index < -0.39 is 0 Å². The molecule has 0 aliphatic heterocycles. The maximum Gasteiger partial charge on any atom is 0.144 e. The number of nitrogen functional groups attached to an aromatic ring is 1. The summed E-state index contributed by atoms with van der Waals surface area (Å²) in [6, 6.07) is 14.5. The van der Waals surface area contributed by atoms with Gasteiger partial charge in [-0.05, 0) is 42.7 Å². The number of nitrogens with zero attached hydrogens (tertiary/aromatic N) is 1. The number of para-hydroxylation sites is 1. The minimum atomic E-state index is 0.683. The zero-order chi connectivity index (χ0) is 15.2. The van der Waals surface area contributed by atoms with E-state index in [1.165, 1.54) is 5.56 Å². The smallest absolute Gasteiger partial charge is 0.144 e. The van der Waals surface area contributed by atoms with Crippen molar-refractivity contribution in [2.45, 2.75) is 26.7 Å². The van der Waals surface area contributed by atoms with E-state index in [-0.39, 0.29) is 0 Å². The lowest BCUT2D eigenvalue weighted by molar-refractivity contribution is 0.319. The maximum absolute atomic E-state index is 6.25. The molecule has 0 fully saturated rings. The van der Waals surface area contributed by atoms with Crippen LogP contribution in [0.25, 0.3) is 0 Å². The molecule has 2 rings (SSSR count). The number of ether oxygens (including phenoxy) is 1. The second-order valence-corrected chi connectivity index (χ2v) is 5.12. The van der Waals surface area contributed by atoms with Gasteiger partial charge < -0.3 is 15.4 Å². The number of aryl methyl sites for hydroxylation is 1. The SMILES string of the molecule is CCCOc1cccc(N(C)c2ccc(CC)cc2)c1N. The van der Waals surface area contributed by atoms with Gasteiger partial charge in [-0.1, -0.05) is 32.0 Å². The molecule has 0 atom stereocenters. The average Bonchev–Trinajstić information content (AvgIpc) is 2.53. The minimum absolute atomic E-state index is 0.683. The molecule has 0 amide bonds. The molecular formula is C18H24N2O. The third-order valence-electron chi connectivity index (χ3n) is 3.60. The van der Waals surface area contributed by atoms with Crippen LogP contribution in [0.4, 0.5) is 17.1 Å². The highest BCUT2D eigenvalue weighted by atomic mass is 16.5. The molecule has 0 saturated carbocycles. The van der Waals surface area contributed by atoms with Crippen LogP contribution in [0.15, 0.2) is 42.5 Å². The number of benzene rings is 2. The normalized spacial score (nSPS) is 10.4. The highest BCUT2D eigenvalue weighted by molar-refractivity contribution is 5.78. The molecule has 21 heavy (non-hydrogen) atoms. The first-order chi connectivity index (χ1) is 10.2. The van der Waals surface area contributed by atoms with Gasteiger partial charge >= 0.3 is 0 Å². The predicted molar refractivity (Wildman–Crippen MR) is 90.5 cm³/mol. The molecule has 2 aromatic rings. The molecule has 3 nitrogen and oxygen atoms in total. The number of nitrogens with two attached hydrogens (primary N) is 1. The number of anilines is 3. The van der Waals surface area contributed by atoms with E-state index in [0.717, 1.165) is 30.0 Å². The summed E-state index contributed by atoms with van der Waals surface area (Å²) in [5.41, 5.74) is 10.4. The molecule has 0 saturated heterocycles. The van der Waals surface area contributed by atoms with Gasteiger partial charge in [0.15, 0.2) is 0 Å². The van der Waals surface area contributed by atoms with Crippen molar-refractivity contribution < 1.29 is 4.74 Å². The van der Waals surface area contributed by atoms with Crippen LogP contribution >= 0.6 is 0 Å². The summed E-state index contributed by atoms with van der Waals surface area (Å²) in [7, 11) is 2.02. The molecule has 0 unspecified atom stereocenters. The lowest BCUT2D eigenvalue weighted by atomic mass is 10.1. The first kappa shape index (κ1) is 15.2. The Morgan fingerprint density at radius 3 is 2.38 bits per heavy atom. The van der Waals surface area contributed by atoms with E-state index in [2.05, 4.69) is 43.0 Å². The zero-order valence-corrected chi connectivity index (χ0v) is 13.1. The minimum Gasteiger partial charge on any atom is -0.491 e. The van der Waals surface area contributed by atoms with Crippen LogP contribution in [0.3, 0.4) is 0 Å². The monoisotopic (exact) mass is 284 g/mol. The number of hydrogen-bond donors (Lipinski definition) is 1. The van der Waals surface area contributed by atoms with Gasteiger partial charge in [0.25, 0.3) is 0 Å². The average molecular weight is 284 g/mol. The molecule has 2 N–H and O–H groups in total. The lowest BCUT2D eigenvalue weighted by Gasteiger charge is -2.23. The molecule has 0 heterocycles. The van der Waals surface area contributed by atoms with Gasteiger partial charge in [0.1, 0.15) is 5.75 Å². The molecule has 3 heteroatoms. The molecular weight excluding hydrogens is 260 g/mol. The predicted octanol–water partition coefficient (Wildman–Crippen LogP) is 4.39. The molecule has 0 spiro atoms. The topological polar surface area (TPSA) is 38.5 Å². The van der Waals surface area contributed by atoms with Crippen molar-refractivity contribution in [1.82, 2.24) is 0 Å². The van der Waals surface area contributed by atoms with Crippen molar-refractivity contribution in [3.8, 4) is 5.75 Å². The number of rotatable bonds is 6. The fraction of sp³-hybridized carbons (Fsp3) is 0.333. The van der Waals surface area contributed by atoms with Crippen molar-refractivity contribution in [2.75, 3.05) is 24.3 Å². The molecule has 0 aromatic heterocycles. The van der Waals surface area contributed by atoms with Gasteiger partial charge in [0.2, 0.25) is 0 Å². The van der Waals surface area contributed by atoms with E-state index in [4.69, 9.17) is 10.5 Å². The molecule has 0 aliphatic rings. The summed E-state index contributed by atoms with van der Waals surface area (Å²) >= 11 is 0. The molecule has 0 bridgehead atoms. The summed E-state index contributed by atoms with van der Waals surface area (Å²) in [5, 5.41) is 0. The maximum atomic E-state index is 6.25. The zero-order valence-electron chi connectivity index (χ0n) is 13.1.